The van der Waals surface area contributed by atoms with Gasteiger partial charge in [-0.3, -0.25) is 4.79 Å². The number of likely N-dealkylation sites (tertiary alicyclic amines) is 1. The number of rotatable bonds is 5. The highest BCUT2D eigenvalue weighted by atomic mass is 16.3. The number of nitrogens with one attached hydrogen (secondary N) is 1. The van der Waals surface area contributed by atoms with Crippen molar-refractivity contribution in [2.45, 2.75) is 58.2 Å². The Morgan fingerprint density at radius 2 is 2.11 bits per heavy atom. The van der Waals surface area contributed by atoms with E-state index in [1.54, 1.807) is 6.20 Å². The van der Waals surface area contributed by atoms with Crippen LogP contribution < -0.4 is 0 Å². The molecule has 2 aliphatic heterocycles. The lowest BCUT2D eigenvalue weighted by Gasteiger charge is -2.41. The first-order chi connectivity index (χ1) is 12.9. The van der Waals surface area contributed by atoms with Gasteiger partial charge >= 0.3 is 0 Å². The van der Waals surface area contributed by atoms with E-state index in [0.29, 0.717) is 12.5 Å². The highest BCUT2D eigenvalue weighted by molar-refractivity contribution is 6.08. The number of aliphatic hydroxyl groups is 1. The monoisotopic (exact) mass is 370 g/mol. The topological polar surface area (TPSA) is 72.5 Å². The quantitative estimate of drug-likeness (QED) is 0.849. The Morgan fingerprint density at radius 1 is 1.37 bits per heavy atom. The molecule has 27 heavy (non-hydrogen) atoms. The maximum atomic E-state index is 13.1. The summed E-state index contributed by atoms with van der Waals surface area (Å²) in [5.74, 6) is 0.470. The van der Waals surface area contributed by atoms with Crippen molar-refractivity contribution in [1.29, 1.82) is 0 Å². The maximum Gasteiger partial charge on any atom is 0.256 e. The van der Waals surface area contributed by atoms with Gasteiger partial charge in [-0.2, -0.15) is 0 Å². The normalized spacial score (nSPS) is 20.4. The van der Waals surface area contributed by atoms with Crippen LogP contribution >= 0.6 is 0 Å². The van der Waals surface area contributed by atoms with E-state index in [2.05, 4.69) is 21.8 Å². The Hall–Kier alpha value is -1.92. The van der Waals surface area contributed by atoms with Crippen molar-refractivity contribution in [3.63, 3.8) is 0 Å². The largest absolute Gasteiger partial charge is 0.390 e. The molecule has 4 rings (SSSR count). The number of carbonyl (C=O) groups is 1. The van der Waals surface area contributed by atoms with E-state index in [-0.39, 0.29) is 11.9 Å². The smallest absolute Gasteiger partial charge is 0.256 e. The number of pyridine rings is 1. The Kier molecular flexibility index (Phi) is 4.72. The third kappa shape index (κ3) is 3.36. The van der Waals surface area contributed by atoms with Crippen LogP contribution in [0.2, 0.25) is 0 Å². The SMILES string of the molecule is CCC(CN1CCC(C(C)(C)O)CC1)N1Cc2ccnc3[nH]cc(c23)C1=O. The molecule has 0 bridgehead atoms. The number of piperidine rings is 1. The van der Waals surface area contributed by atoms with Crippen molar-refractivity contribution in [3.8, 4) is 0 Å². The lowest BCUT2D eigenvalue weighted by atomic mass is 9.83. The molecule has 1 fully saturated rings. The first-order valence-corrected chi connectivity index (χ1v) is 10.1. The third-order valence-corrected chi connectivity index (χ3v) is 6.46. The van der Waals surface area contributed by atoms with Gasteiger partial charge in [-0.05, 0) is 63.7 Å². The molecule has 4 heterocycles. The van der Waals surface area contributed by atoms with E-state index in [4.69, 9.17) is 0 Å². The van der Waals surface area contributed by atoms with E-state index in [1.165, 1.54) is 5.56 Å². The Bertz CT molecular complexity index is 830. The zero-order valence-corrected chi connectivity index (χ0v) is 16.5. The van der Waals surface area contributed by atoms with Gasteiger partial charge in [0.05, 0.1) is 11.2 Å². The summed E-state index contributed by atoms with van der Waals surface area (Å²) in [4.78, 5) is 25.1. The molecule has 2 N–H and O–H groups in total. The van der Waals surface area contributed by atoms with Crippen LogP contribution in [-0.4, -0.2) is 62.1 Å². The summed E-state index contributed by atoms with van der Waals surface area (Å²) in [6, 6.07) is 2.23. The highest BCUT2D eigenvalue weighted by Crippen LogP contribution is 2.32. The highest BCUT2D eigenvalue weighted by Gasteiger charge is 2.34. The van der Waals surface area contributed by atoms with E-state index in [1.807, 2.05) is 31.0 Å². The molecule has 0 spiro atoms. The van der Waals surface area contributed by atoms with E-state index < -0.39 is 5.60 Å². The van der Waals surface area contributed by atoms with Crippen molar-refractivity contribution in [1.82, 2.24) is 19.8 Å². The number of aromatic amines is 1. The van der Waals surface area contributed by atoms with Crippen LogP contribution in [0.25, 0.3) is 11.0 Å². The standard InChI is InChI=1S/C21H30N4O2/c1-4-16(13-24-9-6-15(7-10-24)21(2,3)27)25-12-14-5-8-22-19-18(14)17(11-23-19)20(25)26/h5,8,11,15-16,27H,4,6-7,9-10,12-13H2,1-3H3,(H,22,23). The molecule has 0 saturated carbocycles. The van der Waals surface area contributed by atoms with E-state index >= 15 is 0 Å². The average molecular weight is 370 g/mol. The number of aromatic nitrogens is 2. The molecular formula is C21H30N4O2. The van der Waals surface area contributed by atoms with Gasteiger partial charge in [0.2, 0.25) is 0 Å². The summed E-state index contributed by atoms with van der Waals surface area (Å²) >= 11 is 0. The van der Waals surface area contributed by atoms with Gasteiger partial charge in [0.25, 0.3) is 5.91 Å². The molecule has 1 amide bonds. The number of amides is 1. The number of nitrogens with zero attached hydrogens (tertiary/aromatic N) is 3. The van der Waals surface area contributed by atoms with Gasteiger partial charge in [-0.1, -0.05) is 6.92 Å². The van der Waals surface area contributed by atoms with Crippen LogP contribution in [0.4, 0.5) is 0 Å². The summed E-state index contributed by atoms with van der Waals surface area (Å²) in [7, 11) is 0. The average Bonchev–Trinajstić information content (AvgIpc) is 3.08. The molecular weight excluding hydrogens is 340 g/mol. The van der Waals surface area contributed by atoms with Crippen LogP contribution in [-0.2, 0) is 6.54 Å². The minimum Gasteiger partial charge on any atom is -0.390 e. The lowest BCUT2D eigenvalue weighted by molar-refractivity contribution is -0.0158. The molecule has 146 valence electrons. The first-order valence-electron chi connectivity index (χ1n) is 10.1. The van der Waals surface area contributed by atoms with E-state index in [0.717, 1.165) is 55.5 Å². The summed E-state index contributed by atoms with van der Waals surface area (Å²) in [5, 5.41) is 11.2. The zero-order chi connectivity index (χ0) is 19.2. The fourth-order valence-electron chi connectivity index (χ4n) is 4.70. The van der Waals surface area contributed by atoms with Crippen molar-refractivity contribution < 1.29 is 9.90 Å². The van der Waals surface area contributed by atoms with Crippen LogP contribution in [0, 0.1) is 5.92 Å². The molecule has 6 nitrogen and oxygen atoms in total. The summed E-state index contributed by atoms with van der Waals surface area (Å²) < 4.78 is 0. The number of hydrogen-bond donors (Lipinski definition) is 2. The van der Waals surface area contributed by atoms with Crippen molar-refractivity contribution in [2.24, 2.45) is 5.92 Å². The van der Waals surface area contributed by atoms with Gasteiger partial charge in [0, 0.05) is 36.9 Å². The molecule has 2 aromatic rings. The fraction of sp³-hybridized carbons (Fsp3) is 0.619. The van der Waals surface area contributed by atoms with Crippen molar-refractivity contribution in [2.75, 3.05) is 19.6 Å². The molecule has 0 aliphatic carbocycles. The lowest BCUT2D eigenvalue weighted by Crippen LogP contribution is -2.50. The fourth-order valence-corrected chi connectivity index (χ4v) is 4.70. The summed E-state index contributed by atoms with van der Waals surface area (Å²) in [6.45, 7) is 9.52. The van der Waals surface area contributed by atoms with Crippen LogP contribution in [0.15, 0.2) is 18.5 Å². The van der Waals surface area contributed by atoms with E-state index in [9.17, 15) is 9.90 Å². The molecule has 2 aliphatic rings. The molecule has 0 aromatic carbocycles. The minimum absolute atomic E-state index is 0.111. The zero-order valence-electron chi connectivity index (χ0n) is 16.5. The molecule has 1 saturated heterocycles. The second-order valence-corrected chi connectivity index (χ2v) is 8.62. The van der Waals surface area contributed by atoms with Crippen LogP contribution in [0.1, 0.15) is 56.0 Å². The Morgan fingerprint density at radius 3 is 2.78 bits per heavy atom. The summed E-state index contributed by atoms with van der Waals surface area (Å²) in [6.07, 6.45) is 6.58. The molecule has 1 atom stereocenters. The van der Waals surface area contributed by atoms with Gasteiger partial charge < -0.3 is 19.9 Å². The second kappa shape index (κ2) is 6.91. The molecule has 0 radical (unpaired) electrons. The van der Waals surface area contributed by atoms with Gasteiger partial charge in [-0.25, -0.2) is 4.98 Å². The first kappa shape index (κ1) is 18.4. The van der Waals surface area contributed by atoms with Gasteiger partial charge in [-0.15, -0.1) is 0 Å². The summed E-state index contributed by atoms with van der Waals surface area (Å²) in [5.41, 5.74) is 2.13. The molecule has 1 unspecified atom stereocenters. The predicted octanol–water partition coefficient (Wildman–Crippen LogP) is 2.78. The van der Waals surface area contributed by atoms with Crippen LogP contribution in [0.3, 0.4) is 0 Å². The predicted molar refractivity (Wildman–Crippen MR) is 106 cm³/mol. The number of carbonyl (C=O) groups excluding carboxylic acids is 1. The van der Waals surface area contributed by atoms with Crippen molar-refractivity contribution in [3.05, 3.63) is 29.6 Å². The van der Waals surface area contributed by atoms with Gasteiger partial charge in [0.15, 0.2) is 0 Å². The number of H-pyrrole nitrogens is 1. The Balaban J connectivity index is 1.47. The maximum absolute atomic E-state index is 13.1. The molecule has 6 heteroatoms. The minimum atomic E-state index is -0.601. The molecule has 2 aromatic heterocycles. The Labute approximate surface area is 160 Å². The number of hydrogen-bond acceptors (Lipinski definition) is 4. The van der Waals surface area contributed by atoms with Gasteiger partial charge in [0.1, 0.15) is 5.65 Å². The second-order valence-electron chi connectivity index (χ2n) is 8.62. The van der Waals surface area contributed by atoms with Crippen molar-refractivity contribution >= 4 is 16.9 Å². The van der Waals surface area contributed by atoms with Crippen LogP contribution in [0.5, 0.6) is 0 Å². The third-order valence-electron chi connectivity index (χ3n) is 6.46.